The lowest BCUT2D eigenvalue weighted by Crippen LogP contribution is -2.15. The molecule has 26 heavy (non-hydrogen) atoms. The molecule has 6 nitrogen and oxygen atoms in total. The van der Waals surface area contributed by atoms with E-state index in [1.165, 1.54) is 18.3 Å². The van der Waals surface area contributed by atoms with Gasteiger partial charge in [-0.3, -0.25) is 4.79 Å². The first-order valence-corrected chi connectivity index (χ1v) is 7.92. The maximum atomic E-state index is 13.3. The molecule has 0 atom stereocenters. The highest BCUT2D eigenvalue weighted by atomic mass is 19.1. The van der Waals surface area contributed by atoms with Gasteiger partial charge in [0, 0.05) is 30.2 Å². The first kappa shape index (κ1) is 17.2. The van der Waals surface area contributed by atoms with Gasteiger partial charge in [0.25, 0.3) is 5.91 Å². The highest BCUT2D eigenvalue weighted by Crippen LogP contribution is 2.23. The van der Waals surface area contributed by atoms with E-state index in [0.717, 1.165) is 11.3 Å². The number of halogens is 1. The van der Waals surface area contributed by atoms with Gasteiger partial charge in [0.2, 0.25) is 0 Å². The Morgan fingerprint density at radius 2 is 1.92 bits per heavy atom. The van der Waals surface area contributed by atoms with E-state index >= 15 is 0 Å². The maximum Gasteiger partial charge on any atom is 0.252 e. The van der Waals surface area contributed by atoms with Gasteiger partial charge < -0.3 is 22.1 Å². The van der Waals surface area contributed by atoms with E-state index in [1.54, 1.807) is 30.3 Å². The Balaban J connectivity index is 1.83. The third-order valence-corrected chi connectivity index (χ3v) is 3.70. The fraction of sp³-hybridized carbons (Fsp3) is 0.0526. The zero-order valence-electron chi connectivity index (χ0n) is 13.9. The number of amides is 1. The number of carbonyl (C=O) groups excluding carboxylic acids is 1. The van der Waals surface area contributed by atoms with Crippen molar-refractivity contribution >= 4 is 28.8 Å². The van der Waals surface area contributed by atoms with Crippen LogP contribution in [0.5, 0.6) is 0 Å². The lowest BCUT2D eigenvalue weighted by Gasteiger charge is -2.13. The van der Waals surface area contributed by atoms with Crippen molar-refractivity contribution in [3.8, 4) is 0 Å². The number of nitrogen functional groups attached to an aromatic ring is 1. The van der Waals surface area contributed by atoms with Gasteiger partial charge in [0.05, 0.1) is 11.3 Å². The third-order valence-electron chi connectivity index (χ3n) is 3.70. The van der Waals surface area contributed by atoms with Crippen molar-refractivity contribution in [2.75, 3.05) is 16.4 Å². The van der Waals surface area contributed by atoms with Gasteiger partial charge in [-0.2, -0.15) is 0 Å². The molecule has 1 aromatic heterocycles. The standard InChI is InChI=1S/C19H18FN5O/c20-13-4-1-3-12(7-13)10-23-17-9-18(24-11-16(17)19(22)26)25-15-6-2-5-14(21)8-15/h1-9,11H,10,21H2,(H2,22,26)(H2,23,24,25). The van der Waals surface area contributed by atoms with Crippen LogP contribution in [0.25, 0.3) is 0 Å². The van der Waals surface area contributed by atoms with Crippen LogP contribution in [0.15, 0.2) is 60.8 Å². The summed E-state index contributed by atoms with van der Waals surface area (Å²) < 4.78 is 13.3. The van der Waals surface area contributed by atoms with Crippen LogP contribution in [0.1, 0.15) is 15.9 Å². The first-order chi connectivity index (χ1) is 12.5. The number of pyridine rings is 1. The Morgan fingerprint density at radius 3 is 2.65 bits per heavy atom. The van der Waals surface area contributed by atoms with Crippen LogP contribution >= 0.6 is 0 Å². The molecular formula is C19H18FN5O. The lowest BCUT2D eigenvalue weighted by molar-refractivity contribution is 0.100. The number of hydrogen-bond acceptors (Lipinski definition) is 5. The fourth-order valence-electron chi connectivity index (χ4n) is 2.47. The molecule has 0 saturated heterocycles. The van der Waals surface area contributed by atoms with Gasteiger partial charge in [-0.1, -0.05) is 18.2 Å². The molecule has 7 heteroatoms. The molecule has 1 amide bonds. The molecular weight excluding hydrogens is 333 g/mol. The summed E-state index contributed by atoms with van der Waals surface area (Å²) >= 11 is 0. The highest BCUT2D eigenvalue weighted by Gasteiger charge is 2.11. The summed E-state index contributed by atoms with van der Waals surface area (Å²) in [6, 6.07) is 15.1. The van der Waals surface area contributed by atoms with Crippen molar-refractivity contribution in [3.63, 3.8) is 0 Å². The van der Waals surface area contributed by atoms with E-state index in [9.17, 15) is 9.18 Å². The molecule has 0 spiro atoms. The number of rotatable bonds is 6. The monoisotopic (exact) mass is 351 g/mol. The Hall–Kier alpha value is -3.61. The molecule has 0 saturated carbocycles. The maximum absolute atomic E-state index is 13.3. The molecule has 0 aliphatic heterocycles. The summed E-state index contributed by atoms with van der Waals surface area (Å²) in [5, 5.41) is 6.22. The van der Waals surface area contributed by atoms with Crippen molar-refractivity contribution in [3.05, 3.63) is 77.7 Å². The molecule has 132 valence electrons. The summed E-state index contributed by atoms with van der Waals surface area (Å²) in [4.78, 5) is 15.8. The Labute approximate surface area is 150 Å². The number of nitrogens with one attached hydrogen (secondary N) is 2. The minimum atomic E-state index is -0.602. The van der Waals surface area contributed by atoms with Gasteiger partial charge in [0.15, 0.2) is 0 Å². The minimum absolute atomic E-state index is 0.250. The number of primary amides is 1. The second-order valence-corrected chi connectivity index (χ2v) is 5.71. The van der Waals surface area contributed by atoms with Gasteiger partial charge in [-0.15, -0.1) is 0 Å². The first-order valence-electron chi connectivity index (χ1n) is 7.92. The topological polar surface area (TPSA) is 106 Å². The van der Waals surface area contributed by atoms with Crippen LogP contribution in [-0.2, 0) is 6.54 Å². The summed E-state index contributed by atoms with van der Waals surface area (Å²) in [7, 11) is 0. The van der Waals surface area contributed by atoms with Crippen molar-refractivity contribution in [2.45, 2.75) is 6.54 Å². The molecule has 0 bridgehead atoms. The predicted molar refractivity (Wildman–Crippen MR) is 101 cm³/mol. The molecule has 6 N–H and O–H groups in total. The molecule has 3 rings (SSSR count). The molecule has 0 aliphatic carbocycles. The highest BCUT2D eigenvalue weighted by molar-refractivity contribution is 5.98. The van der Waals surface area contributed by atoms with E-state index in [1.807, 2.05) is 12.1 Å². The molecule has 0 aliphatic rings. The molecule has 3 aromatic rings. The molecule has 1 heterocycles. The van der Waals surface area contributed by atoms with Gasteiger partial charge in [-0.05, 0) is 35.9 Å². The van der Waals surface area contributed by atoms with E-state index in [2.05, 4.69) is 15.6 Å². The number of hydrogen-bond donors (Lipinski definition) is 4. The Bertz CT molecular complexity index is 945. The number of nitrogens with zero attached hydrogens (tertiary/aromatic N) is 1. The summed E-state index contributed by atoms with van der Waals surface area (Å²) in [6.07, 6.45) is 1.39. The average Bonchev–Trinajstić information content (AvgIpc) is 2.60. The normalized spacial score (nSPS) is 10.3. The molecule has 0 fully saturated rings. The van der Waals surface area contributed by atoms with Crippen molar-refractivity contribution in [1.82, 2.24) is 4.98 Å². The van der Waals surface area contributed by atoms with Crippen molar-refractivity contribution < 1.29 is 9.18 Å². The van der Waals surface area contributed by atoms with Crippen LogP contribution in [-0.4, -0.2) is 10.9 Å². The van der Waals surface area contributed by atoms with Crippen molar-refractivity contribution in [2.24, 2.45) is 5.73 Å². The van der Waals surface area contributed by atoms with Crippen LogP contribution in [0, 0.1) is 5.82 Å². The quantitative estimate of drug-likeness (QED) is 0.510. The second kappa shape index (κ2) is 7.52. The zero-order chi connectivity index (χ0) is 18.5. The van der Waals surface area contributed by atoms with Gasteiger partial charge in [0.1, 0.15) is 11.6 Å². The van der Waals surface area contributed by atoms with Gasteiger partial charge in [-0.25, -0.2) is 9.37 Å². The van der Waals surface area contributed by atoms with E-state index in [-0.39, 0.29) is 11.4 Å². The van der Waals surface area contributed by atoms with Crippen LogP contribution in [0.3, 0.4) is 0 Å². The summed E-state index contributed by atoms with van der Waals surface area (Å²) in [6.45, 7) is 0.333. The van der Waals surface area contributed by atoms with E-state index in [0.29, 0.717) is 23.7 Å². The smallest absolute Gasteiger partial charge is 0.252 e. The number of carbonyl (C=O) groups is 1. The van der Waals surface area contributed by atoms with Crippen molar-refractivity contribution in [1.29, 1.82) is 0 Å². The van der Waals surface area contributed by atoms with Gasteiger partial charge >= 0.3 is 0 Å². The van der Waals surface area contributed by atoms with Crippen LogP contribution < -0.4 is 22.1 Å². The number of nitrogens with two attached hydrogens (primary N) is 2. The summed E-state index contributed by atoms with van der Waals surface area (Å²) in [5.74, 6) is -0.407. The van der Waals surface area contributed by atoms with E-state index < -0.39 is 5.91 Å². The van der Waals surface area contributed by atoms with Crippen LogP contribution in [0.2, 0.25) is 0 Å². The SMILES string of the molecule is NC(=O)c1cnc(Nc2cccc(N)c2)cc1NCc1cccc(F)c1. The number of aromatic nitrogens is 1. The predicted octanol–water partition coefficient (Wildman–Crippen LogP) is 3.26. The molecule has 2 aromatic carbocycles. The zero-order valence-corrected chi connectivity index (χ0v) is 13.9. The second-order valence-electron chi connectivity index (χ2n) is 5.71. The fourth-order valence-corrected chi connectivity index (χ4v) is 2.47. The summed E-state index contributed by atoms with van der Waals surface area (Å²) in [5.41, 5.74) is 14.1. The largest absolute Gasteiger partial charge is 0.399 e. The Kier molecular flexibility index (Phi) is 4.98. The lowest BCUT2D eigenvalue weighted by atomic mass is 10.2. The molecule has 0 unspecified atom stereocenters. The van der Waals surface area contributed by atoms with E-state index in [4.69, 9.17) is 11.5 Å². The van der Waals surface area contributed by atoms with Crippen LogP contribution in [0.4, 0.5) is 27.3 Å². The molecule has 0 radical (unpaired) electrons. The third kappa shape index (κ3) is 4.27. The minimum Gasteiger partial charge on any atom is -0.399 e. The number of benzene rings is 2. The number of anilines is 4. The Morgan fingerprint density at radius 1 is 1.12 bits per heavy atom. The average molecular weight is 351 g/mol.